The largest absolute Gasteiger partial charge is 0.419 e. The van der Waals surface area contributed by atoms with E-state index in [2.05, 4.69) is 0 Å². The third-order valence-corrected chi connectivity index (χ3v) is 3.84. The molecule has 0 bridgehead atoms. The normalized spacial score (nSPS) is 19.4. The second kappa shape index (κ2) is 5.49. The van der Waals surface area contributed by atoms with E-state index in [1.807, 2.05) is 0 Å². The van der Waals surface area contributed by atoms with Gasteiger partial charge in [0.05, 0.1) is 5.56 Å². The molecule has 19 heavy (non-hydrogen) atoms. The van der Waals surface area contributed by atoms with Crippen molar-refractivity contribution < 1.29 is 17.6 Å². The summed E-state index contributed by atoms with van der Waals surface area (Å²) in [6.45, 7) is 0. The Balaban J connectivity index is 2.19. The molecule has 106 valence electrons. The van der Waals surface area contributed by atoms with Crippen LogP contribution >= 0.6 is 0 Å². The van der Waals surface area contributed by atoms with Crippen molar-refractivity contribution in [2.24, 2.45) is 11.7 Å². The molecule has 1 atom stereocenters. The molecule has 0 unspecified atom stereocenters. The van der Waals surface area contributed by atoms with Crippen LogP contribution < -0.4 is 5.73 Å². The van der Waals surface area contributed by atoms with Crippen LogP contribution in [0.2, 0.25) is 0 Å². The minimum Gasteiger partial charge on any atom is -0.324 e. The lowest BCUT2D eigenvalue weighted by Gasteiger charge is -2.28. The van der Waals surface area contributed by atoms with Crippen LogP contribution in [0.1, 0.15) is 49.3 Å². The minimum atomic E-state index is -4.66. The fourth-order valence-corrected chi connectivity index (χ4v) is 2.73. The molecule has 0 aliphatic heterocycles. The smallest absolute Gasteiger partial charge is 0.324 e. The highest BCUT2D eigenvalue weighted by Gasteiger charge is 2.34. The lowest BCUT2D eigenvalue weighted by Crippen LogP contribution is -2.24. The second-order valence-electron chi connectivity index (χ2n) is 5.16. The van der Waals surface area contributed by atoms with Crippen molar-refractivity contribution in [2.75, 3.05) is 0 Å². The van der Waals surface area contributed by atoms with Gasteiger partial charge in [-0.1, -0.05) is 25.3 Å². The molecule has 1 aromatic rings. The highest BCUT2D eigenvalue weighted by Crippen LogP contribution is 2.36. The fourth-order valence-electron chi connectivity index (χ4n) is 2.73. The SMILES string of the molecule is N[C@H](c1ccc(C(F)(F)F)c(F)c1)C1CCCCC1. The third-order valence-electron chi connectivity index (χ3n) is 3.84. The Bertz CT molecular complexity index is 436. The zero-order valence-electron chi connectivity index (χ0n) is 10.5. The van der Waals surface area contributed by atoms with E-state index in [4.69, 9.17) is 5.73 Å². The van der Waals surface area contributed by atoms with Crippen LogP contribution in [0.5, 0.6) is 0 Å². The number of hydrogen-bond donors (Lipinski definition) is 1. The molecule has 0 saturated heterocycles. The Hall–Kier alpha value is -1.10. The molecular formula is C14H17F4N. The van der Waals surface area contributed by atoms with Gasteiger partial charge in [0.2, 0.25) is 0 Å². The molecular weight excluding hydrogens is 258 g/mol. The first-order valence-corrected chi connectivity index (χ1v) is 6.52. The number of hydrogen-bond acceptors (Lipinski definition) is 1. The van der Waals surface area contributed by atoms with Gasteiger partial charge in [0, 0.05) is 6.04 Å². The van der Waals surface area contributed by atoms with Crippen molar-refractivity contribution in [1.82, 2.24) is 0 Å². The predicted octanol–water partition coefficient (Wildman–Crippen LogP) is 4.42. The van der Waals surface area contributed by atoms with Gasteiger partial charge in [0.15, 0.2) is 0 Å². The molecule has 1 aliphatic rings. The van der Waals surface area contributed by atoms with Crippen LogP contribution in [0.25, 0.3) is 0 Å². The molecule has 1 aromatic carbocycles. The van der Waals surface area contributed by atoms with Gasteiger partial charge >= 0.3 is 6.18 Å². The van der Waals surface area contributed by atoms with Gasteiger partial charge < -0.3 is 5.73 Å². The average Bonchev–Trinajstić information content (AvgIpc) is 2.37. The maximum atomic E-state index is 13.5. The molecule has 1 nitrogen and oxygen atoms in total. The fraction of sp³-hybridized carbons (Fsp3) is 0.571. The van der Waals surface area contributed by atoms with Gasteiger partial charge in [0.25, 0.3) is 0 Å². The van der Waals surface area contributed by atoms with Gasteiger partial charge in [-0.25, -0.2) is 4.39 Å². The molecule has 1 fully saturated rings. The number of alkyl halides is 3. The van der Waals surface area contributed by atoms with Gasteiger partial charge in [-0.05, 0) is 36.5 Å². The first kappa shape index (κ1) is 14.3. The number of halogens is 4. The average molecular weight is 275 g/mol. The maximum absolute atomic E-state index is 13.5. The third kappa shape index (κ3) is 3.26. The van der Waals surface area contributed by atoms with Crippen molar-refractivity contribution in [3.63, 3.8) is 0 Å². The Morgan fingerprint density at radius 2 is 1.74 bits per heavy atom. The molecule has 5 heteroatoms. The van der Waals surface area contributed by atoms with E-state index in [1.165, 1.54) is 12.5 Å². The van der Waals surface area contributed by atoms with Crippen molar-refractivity contribution in [2.45, 2.75) is 44.3 Å². The van der Waals surface area contributed by atoms with E-state index in [0.29, 0.717) is 5.56 Å². The molecule has 0 amide bonds. The standard InChI is InChI=1S/C14H17F4N/c15-12-8-10(6-7-11(12)14(16,17)18)13(19)9-4-2-1-3-5-9/h6-9,13H,1-5,19H2/t13-/m0/s1. The molecule has 0 heterocycles. The van der Waals surface area contributed by atoms with E-state index < -0.39 is 17.6 Å². The van der Waals surface area contributed by atoms with Crippen LogP contribution in [0.15, 0.2) is 18.2 Å². The Kier molecular flexibility index (Phi) is 4.13. The molecule has 1 saturated carbocycles. The maximum Gasteiger partial charge on any atom is 0.419 e. The van der Waals surface area contributed by atoms with Crippen LogP contribution in [0, 0.1) is 11.7 Å². The number of benzene rings is 1. The summed E-state index contributed by atoms with van der Waals surface area (Å²) < 4.78 is 50.9. The first-order valence-electron chi connectivity index (χ1n) is 6.52. The first-order chi connectivity index (χ1) is 8.89. The lowest BCUT2D eigenvalue weighted by molar-refractivity contribution is -0.140. The lowest BCUT2D eigenvalue weighted by atomic mass is 9.81. The minimum absolute atomic E-state index is 0.241. The van der Waals surface area contributed by atoms with E-state index in [1.54, 1.807) is 0 Å². The van der Waals surface area contributed by atoms with Gasteiger partial charge in [-0.3, -0.25) is 0 Å². The summed E-state index contributed by atoms with van der Waals surface area (Å²) in [5.41, 5.74) is 5.28. The molecule has 1 aliphatic carbocycles. The van der Waals surface area contributed by atoms with Crippen molar-refractivity contribution in [3.05, 3.63) is 35.1 Å². The monoisotopic (exact) mass is 275 g/mol. The summed E-state index contributed by atoms with van der Waals surface area (Å²) in [5, 5.41) is 0. The highest BCUT2D eigenvalue weighted by atomic mass is 19.4. The van der Waals surface area contributed by atoms with Crippen LogP contribution in [0.3, 0.4) is 0 Å². The number of rotatable bonds is 2. The van der Waals surface area contributed by atoms with Gasteiger partial charge in [-0.2, -0.15) is 13.2 Å². The summed E-state index contributed by atoms with van der Waals surface area (Å²) in [5.74, 6) is -0.999. The van der Waals surface area contributed by atoms with Gasteiger partial charge in [-0.15, -0.1) is 0 Å². The summed E-state index contributed by atoms with van der Waals surface area (Å²) in [6, 6.07) is 2.64. The second-order valence-corrected chi connectivity index (χ2v) is 5.16. The van der Waals surface area contributed by atoms with Crippen molar-refractivity contribution in [1.29, 1.82) is 0 Å². The van der Waals surface area contributed by atoms with Crippen LogP contribution in [0.4, 0.5) is 17.6 Å². The molecule has 0 spiro atoms. The quantitative estimate of drug-likeness (QED) is 0.794. The molecule has 0 aromatic heterocycles. The van der Waals surface area contributed by atoms with Crippen LogP contribution in [-0.4, -0.2) is 0 Å². The predicted molar refractivity (Wildman–Crippen MR) is 64.9 cm³/mol. The summed E-state index contributed by atoms with van der Waals surface area (Å²) in [6.07, 6.45) is 0.610. The summed E-state index contributed by atoms with van der Waals surface area (Å²) in [7, 11) is 0. The van der Waals surface area contributed by atoms with E-state index in [0.717, 1.165) is 37.8 Å². The zero-order chi connectivity index (χ0) is 14.0. The van der Waals surface area contributed by atoms with E-state index in [9.17, 15) is 17.6 Å². The zero-order valence-corrected chi connectivity index (χ0v) is 10.5. The van der Waals surface area contributed by atoms with Crippen LogP contribution in [-0.2, 0) is 6.18 Å². The number of nitrogens with two attached hydrogens (primary N) is 1. The van der Waals surface area contributed by atoms with Crippen molar-refractivity contribution in [3.8, 4) is 0 Å². The summed E-state index contributed by atoms with van der Waals surface area (Å²) in [4.78, 5) is 0. The van der Waals surface area contributed by atoms with E-state index >= 15 is 0 Å². The van der Waals surface area contributed by atoms with E-state index in [-0.39, 0.29) is 12.0 Å². The molecule has 2 N–H and O–H groups in total. The Morgan fingerprint density at radius 3 is 2.26 bits per heavy atom. The van der Waals surface area contributed by atoms with Gasteiger partial charge in [0.1, 0.15) is 5.82 Å². The summed E-state index contributed by atoms with van der Waals surface area (Å²) >= 11 is 0. The van der Waals surface area contributed by atoms with Crippen molar-refractivity contribution >= 4 is 0 Å². The Morgan fingerprint density at radius 1 is 1.11 bits per heavy atom. The molecule has 2 rings (SSSR count). The molecule has 0 radical (unpaired) electrons. The highest BCUT2D eigenvalue weighted by molar-refractivity contribution is 5.28. The topological polar surface area (TPSA) is 26.0 Å². The Labute approximate surface area is 109 Å².